The van der Waals surface area contributed by atoms with Crippen LogP contribution < -0.4 is 11.1 Å². The quantitative estimate of drug-likeness (QED) is 0.747. The first-order chi connectivity index (χ1) is 10.3. The van der Waals surface area contributed by atoms with Crippen molar-refractivity contribution in [1.82, 2.24) is 25.3 Å². The van der Waals surface area contributed by atoms with Gasteiger partial charge in [0.2, 0.25) is 0 Å². The molecule has 0 saturated heterocycles. The Kier molecular flexibility index (Phi) is 4.13. The number of rotatable bonds is 5. The van der Waals surface area contributed by atoms with Gasteiger partial charge in [-0.3, -0.25) is 9.97 Å². The van der Waals surface area contributed by atoms with Gasteiger partial charge in [-0.25, -0.2) is 9.97 Å². The first kappa shape index (κ1) is 13.6. The van der Waals surface area contributed by atoms with Gasteiger partial charge in [-0.05, 0) is 6.07 Å². The van der Waals surface area contributed by atoms with Crippen LogP contribution in [0.3, 0.4) is 0 Å². The third-order valence-corrected chi connectivity index (χ3v) is 3.80. The second-order valence-electron chi connectivity index (χ2n) is 4.39. The van der Waals surface area contributed by atoms with Crippen molar-refractivity contribution in [3.63, 3.8) is 0 Å². The molecule has 0 aliphatic heterocycles. The first-order valence-corrected chi connectivity index (χ1v) is 7.32. The molecule has 0 atom stereocenters. The smallest absolute Gasteiger partial charge is 0.143 e. The van der Waals surface area contributed by atoms with Gasteiger partial charge in [0.25, 0.3) is 0 Å². The zero-order valence-corrected chi connectivity index (χ0v) is 12.0. The van der Waals surface area contributed by atoms with E-state index in [4.69, 9.17) is 5.73 Å². The van der Waals surface area contributed by atoms with Crippen LogP contribution in [-0.4, -0.2) is 19.9 Å². The molecule has 0 amide bonds. The number of thiazole rings is 1. The third-order valence-electron chi connectivity index (χ3n) is 2.88. The Balaban J connectivity index is 1.60. The summed E-state index contributed by atoms with van der Waals surface area (Å²) in [6.45, 7) is 1.34. The summed E-state index contributed by atoms with van der Waals surface area (Å²) in [5.41, 5.74) is 8.56. The summed E-state index contributed by atoms with van der Waals surface area (Å²) in [4.78, 5) is 16.9. The van der Waals surface area contributed by atoms with Gasteiger partial charge >= 0.3 is 0 Å². The van der Waals surface area contributed by atoms with Crippen LogP contribution in [0.4, 0.5) is 5.82 Å². The molecular weight excluding hydrogens is 284 g/mol. The lowest BCUT2D eigenvalue weighted by molar-refractivity contribution is 0.682. The summed E-state index contributed by atoms with van der Waals surface area (Å²) >= 11 is 1.56. The lowest BCUT2D eigenvalue weighted by Gasteiger charge is -2.05. The summed E-state index contributed by atoms with van der Waals surface area (Å²) in [5.74, 6) is 0.559. The van der Waals surface area contributed by atoms with E-state index in [1.807, 2.05) is 17.5 Å². The predicted molar refractivity (Wildman–Crippen MR) is 82.3 cm³/mol. The molecule has 6 nitrogen and oxygen atoms in total. The fraction of sp³-hybridized carbons (Fsp3) is 0.143. The molecule has 0 saturated carbocycles. The average Bonchev–Trinajstić information content (AvgIpc) is 2.99. The Morgan fingerprint density at radius 2 is 2.10 bits per heavy atom. The predicted octanol–water partition coefficient (Wildman–Crippen LogP) is 1.87. The van der Waals surface area contributed by atoms with Crippen molar-refractivity contribution < 1.29 is 0 Å². The molecule has 3 rings (SSSR count). The van der Waals surface area contributed by atoms with E-state index in [1.165, 1.54) is 0 Å². The normalized spacial score (nSPS) is 10.7. The van der Waals surface area contributed by atoms with Crippen molar-refractivity contribution in [2.75, 3.05) is 5.73 Å². The van der Waals surface area contributed by atoms with E-state index in [-0.39, 0.29) is 0 Å². The minimum absolute atomic E-state index is 0.559. The van der Waals surface area contributed by atoms with Gasteiger partial charge in [0.15, 0.2) is 0 Å². The molecule has 0 radical (unpaired) electrons. The van der Waals surface area contributed by atoms with Crippen LogP contribution in [-0.2, 0) is 13.1 Å². The van der Waals surface area contributed by atoms with Gasteiger partial charge in [0.05, 0.1) is 11.9 Å². The minimum atomic E-state index is 0.559. The molecule has 3 heterocycles. The molecule has 3 aromatic rings. The monoisotopic (exact) mass is 298 g/mol. The Morgan fingerprint density at radius 3 is 2.90 bits per heavy atom. The van der Waals surface area contributed by atoms with E-state index >= 15 is 0 Å². The maximum Gasteiger partial charge on any atom is 0.143 e. The number of nitrogens with two attached hydrogens (primary N) is 1. The van der Waals surface area contributed by atoms with Crippen LogP contribution in [0.1, 0.15) is 11.3 Å². The SMILES string of the molecule is Nc1ncccc1CNCc1csc(-c2cnccn2)n1. The molecule has 0 aromatic carbocycles. The second-order valence-corrected chi connectivity index (χ2v) is 5.24. The van der Waals surface area contributed by atoms with Crippen LogP contribution in [0.2, 0.25) is 0 Å². The van der Waals surface area contributed by atoms with Crippen LogP contribution in [0.25, 0.3) is 10.7 Å². The maximum atomic E-state index is 5.80. The van der Waals surface area contributed by atoms with Crippen LogP contribution >= 0.6 is 11.3 Å². The van der Waals surface area contributed by atoms with Crippen molar-refractivity contribution in [2.24, 2.45) is 0 Å². The summed E-state index contributed by atoms with van der Waals surface area (Å²) in [6, 6.07) is 3.84. The number of pyridine rings is 1. The highest BCUT2D eigenvalue weighted by Gasteiger charge is 2.06. The highest BCUT2D eigenvalue weighted by atomic mass is 32.1. The molecule has 3 aromatic heterocycles. The molecular formula is C14H14N6S. The Bertz CT molecular complexity index is 712. The second kappa shape index (κ2) is 6.38. The highest BCUT2D eigenvalue weighted by Crippen LogP contribution is 2.20. The van der Waals surface area contributed by atoms with Gasteiger partial charge in [-0.2, -0.15) is 0 Å². The molecule has 0 fully saturated rings. The first-order valence-electron chi connectivity index (χ1n) is 6.44. The largest absolute Gasteiger partial charge is 0.383 e. The van der Waals surface area contributed by atoms with Gasteiger partial charge in [-0.1, -0.05) is 6.07 Å². The molecule has 0 bridgehead atoms. The average molecular weight is 298 g/mol. The van der Waals surface area contributed by atoms with Crippen molar-refractivity contribution >= 4 is 17.2 Å². The fourth-order valence-corrected chi connectivity index (χ4v) is 2.62. The standard InChI is InChI=1S/C14H14N6S/c15-13-10(2-1-3-19-13)6-17-7-11-9-21-14(20-11)12-8-16-4-5-18-12/h1-5,8-9,17H,6-7H2,(H2,15,19). The van der Waals surface area contributed by atoms with E-state index in [1.54, 1.807) is 36.1 Å². The molecule has 0 unspecified atom stereocenters. The summed E-state index contributed by atoms with van der Waals surface area (Å²) in [5, 5.41) is 6.20. The van der Waals surface area contributed by atoms with Gasteiger partial charge in [0.1, 0.15) is 16.5 Å². The van der Waals surface area contributed by atoms with Crippen molar-refractivity contribution in [3.8, 4) is 10.7 Å². The van der Waals surface area contributed by atoms with E-state index in [9.17, 15) is 0 Å². The van der Waals surface area contributed by atoms with E-state index in [0.29, 0.717) is 18.9 Å². The Labute approximate surface area is 126 Å². The van der Waals surface area contributed by atoms with Crippen LogP contribution in [0.15, 0.2) is 42.3 Å². The zero-order chi connectivity index (χ0) is 14.5. The summed E-state index contributed by atoms with van der Waals surface area (Å²) in [6.07, 6.45) is 6.72. The molecule has 0 aliphatic carbocycles. The number of nitrogens with one attached hydrogen (secondary N) is 1. The minimum Gasteiger partial charge on any atom is -0.383 e. The highest BCUT2D eigenvalue weighted by molar-refractivity contribution is 7.13. The van der Waals surface area contributed by atoms with Crippen molar-refractivity contribution in [3.05, 3.63) is 53.6 Å². The van der Waals surface area contributed by atoms with Gasteiger partial charge < -0.3 is 11.1 Å². The third kappa shape index (κ3) is 3.39. The number of hydrogen-bond acceptors (Lipinski definition) is 7. The van der Waals surface area contributed by atoms with Crippen molar-refractivity contribution in [1.29, 1.82) is 0 Å². The number of nitrogens with zero attached hydrogens (tertiary/aromatic N) is 4. The topological polar surface area (TPSA) is 89.6 Å². The Hall–Kier alpha value is -2.38. The van der Waals surface area contributed by atoms with Crippen molar-refractivity contribution in [2.45, 2.75) is 13.1 Å². The number of hydrogen-bond donors (Lipinski definition) is 2. The Morgan fingerprint density at radius 1 is 1.14 bits per heavy atom. The van der Waals surface area contributed by atoms with Crippen LogP contribution in [0.5, 0.6) is 0 Å². The lowest BCUT2D eigenvalue weighted by atomic mass is 10.2. The number of aromatic nitrogens is 4. The maximum absolute atomic E-state index is 5.80. The zero-order valence-electron chi connectivity index (χ0n) is 11.2. The number of nitrogen functional groups attached to an aromatic ring is 1. The van der Waals surface area contributed by atoms with Gasteiger partial charge in [-0.15, -0.1) is 11.3 Å². The van der Waals surface area contributed by atoms with E-state index < -0.39 is 0 Å². The molecule has 7 heteroatoms. The molecule has 106 valence electrons. The summed E-state index contributed by atoms with van der Waals surface area (Å²) < 4.78 is 0. The van der Waals surface area contributed by atoms with E-state index in [0.717, 1.165) is 22.0 Å². The lowest BCUT2D eigenvalue weighted by Crippen LogP contribution is -2.14. The van der Waals surface area contributed by atoms with Crippen LogP contribution in [0, 0.1) is 0 Å². The number of anilines is 1. The molecule has 0 spiro atoms. The fourth-order valence-electron chi connectivity index (χ4n) is 1.84. The molecule has 0 aliphatic rings. The summed E-state index contributed by atoms with van der Waals surface area (Å²) in [7, 11) is 0. The molecule has 3 N–H and O–H groups in total. The molecule has 21 heavy (non-hydrogen) atoms. The van der Waals surface area contributed by atoms with Gasteiger partial charge in [0, 0.05) is 42.6 Å². The van der Waals surface area contributed by atoms with E-state index in [2.05, 4.69) is 25.3 Å².